The molecular weight excluding hydrogens is 558 g/mol. The Balaban J connectivity index is 1.17. The molecule has 2 heterocycles. The van der Waals surface area contributed by atoms with Crippen molar-refractivity contribution in [2.45, 2.75) is 0 Å². The van der Waals surface area contributed by atoms with E-state index in [0.29, 0.717) is 0 Å². The number of ether oxygens (including phenoxy) is 1. The maximum atomic E-state index is 6.37. The highest BCUT2D eigenvalue weighted by molar-refractivity contribution is 6.21. The summed E-state index contributed by atoms with van der Waals surface area (Å²) in [6.07, 6.45) is 0. The molecule has 2 nitrogen and oxygen atoms in total. The molecule has 0 saturated carbocycles. The van der Waals surface area contributed by atoms with Crippen LogP contribution in [0.2, 0.25) is 0 Å². The van der Waals surface area contributed by atoms with Crippen LogP contribution in [0.15, 0.2) is 164 Å². The van der Waals surface area contributed by atoms with Crippen LogP contribution >= 0.6 is 0 Å². The number of hydrogen-bond donors (Lipinski definition) is 0. The van der Waals surface area contributed by atoms with Gasteiger partial charge in [0.15, 0.2) is 0 Å². The van der Waals surface area contributed by atoms with E-state index in [1.807, 2.05) is 0 Å². The Hall–Kier alpha value is -6.12. The van der Waals surface area contributed by atoms with Gasteiger partial charge in [0.2, 0.25) is 0 Å². The molecule has 0 unspecified atom stereocenters. The first-order valence-electron chi connectivity index (χ1n) is 15.8. The summed E-state index contributed by atoms with van der Waals surface area (Å²) in [5, 5.41) is 7.40. The molecule has 0 bridgehead atoms. The van der Waals surface area contributed by atoms with E-state index in [-0.39, 0.29) is 0 Å². The lowest BCUT2D eigenvalue weighted by Crippen LogP contribution is -1.97. The molecule has 1 aliphatic heterocycles. The summed E-state index contributed by atoms with van der Waals surface area (Å²) in [7, 11) is 0. The van der Waals surface area contributed by atoms with Crippen molar-refractivity contribution in [2.75, 3.05) is 0 Å². The largest absolute Gasteiger partial charge is 0.456 e. The molecule has 0 spiro atoms. The van der Waals surface area contributed by atoms with Crippen LogP contribution in [0.3, 0.4) is 0 Å². The van der Waals surface area contributed by atoms with E-state index in [0.717, 1.165) is 22.7 Å². The Labute approximate surface area is 266 Å². The SMILES string of the molecule is c1ccc(-n2c3ccccc3c3cc4ccccc4c(-c4ccc(-c5ccc6c(c5)-c5cccc7cccc(c57)O6)cc4)c32)cc1. The molecule has 0 atom stereocenters. The number of benzene rings is 8. The van der Waals surface area contributed by atoms with Crippen LogP contribution < -0.4 is 4.74 Å². The van der Waals surface area contributed by atoms with Crippen molar-refractivity contribution in [3.8, 4) is 50.6 Å². The second kappa shape index (κ2) is 9.69. The Morgan fingerprint density at radius 2 is 1.11 bits per heavy atom. The van der Waals surface area contributed by atoms with Crippen LogP contribution in [0.25, 0.3) is 82.4 Å². The quantitative estimate of drug-likeness (QED) is 0.201. The van der Waals surface area contributed by atoms with Crippen LogP contribution in [-0.4, -0.2) is 4.57 Å². The van der Waals surface area contributed by atoms with Gasteiger partial charge < -0.3 is 9.30 Å². The van der Waals surface area contributed by atoms with Gasteiger partial charge in [-0.2, -0.15) is 0 Å². The minimum atomic E-state index is 0.901. The van der Waals surface area contributed by atoms with E-state index in [9.17, 15) is 0 Å². The van der Waals surface area contributed by atoms with E-state index in [2.05, 4.69) is 168 Å². The summed E-state index contributed by atoms with van der Waals surface area (Å²) in [6.45, 7) is 0. The normalized spacial score (nSPS) is 12.1. The van der Waals surface area contributed by atoms with Crippen LogP contribution in [0.1, 0.15) is 0 Å². The van der Waals surface area contributed by atoms with E-state index < -0.39 is 0 Å². The van der Waals surface area contributed by atoms with Gasteiger partial charge in [-0.25, -0.2) is 0 Å². The summed E-state index contributed by atoms with van der Waals surface area (Å²) in [5.41, 5.74) is 10.8. The van der Waals surface area contributed by atoms with Crippen molar-refractivity contribution in [1.29, 1.82) is 0 Å². The maximum absolute atomic E-state index is 6.37. The zero-order valence-electron chi connectivity index (χ0n) is 24.9. The summed E-state index contributed by atoms with van der Waals surface area (Å²) in [4.78, 5) is 0. The molecule has 9 aromatic rings. The van der Waals surface area contributed by atoms with Gasteiger partial charge in [0.05, 0.1) is 11.0 Å². The Bertz CT molecular complexity index is 2640. The highest BCUT2D eigenvalue weighted by Gasteiger charge is 2.21. The topological polar surface area (TPSA) is 14.2 Å². The Morgan fingerprint density at radius 1 is 0.413 bits per heavy atom. The van der Waals surface area contributed by atoms with Gasteiger partial charge >= 0.3 is 0 Å². The molecular formula is C44H27NO. The number of fused-ring (bicyclic) bond motifs is 6. The van der Waals surface area contributed by atoms with Crippen LogP contribution in [0.4, 0.5) is 0 Å². The van der Waals surface area contributed by atoms with E-state index in [1.54, 1.807) is 0 Å². The van der Waals surface area contributed by atoms with E-state index >= 15 is 0 Å². The maximum Gasteiger partial charge on any atom is 0.135 e. The average molecular weight is 586 g/mol. The van der Waals surface area contributed by atoms with Crippen molar-refractivity contribution in [1.82, 2.24) is 4.57 Å². The summed E-state index contributed by atoms with van der Waals surface area (Å²) in [5.74, 6) is 1.82. The molecule has 10 rings (SSSR count). The van der Waals surface area contributed by atoms with Crippen molar-refractivity contribution in [3.05, 3.63) is 164 Å². The van der Waals surface area contributed by atoms with Gasteiger partial charge in [0, 0.05) is 33.0 Å². The molecule has 0 N–H and O–H groups in total. The first kappa shape index (κ1) is 25.2. The van der Waals surface area contributed by atoms with Crippen molar-refractivity contribution in [2.24, 2.45) is 0 Å². The monoisotopic (exact) mass is 585 g/mol. The lowest BCUT2D eigenvalue weighted by atomic mass is 9.91. The lowest BCUT2D eigenvalue weighted by Gasteiger charge is -2.22. The number of para-hydroxylation sites is 2. The third kappa shape index (κ3) is 3.65. The fourth-order valence-electron chi connectivity index (χ4n) is 7.50. The molecule has 1 aromatic heterocycles. The molecule has 2 heteroatoms. The van der Waals surface area contributed by atoms with Gasteiger partial charge in [-0.15, -0.1) is 0 Å². The average Bonchev–Trinajstić information content (AvgIpc) is 3.45. The number of hydrogen-bond acceptors (Lipinski definition) is 1. The smallest absolute Gasteiger partial charge is 0.135 e. The highest BCUT2D eigenvalue weighted by Crippen LogP contribution is 2.48. The summed E-state index contributed by atoms with van der Waals surface area (Å²) < 4.78 is 8.80. The van der Waals surface area contributed by atoms with Crippen LogP contribution in [0.5, 0.6) is 11.5 Å². The zero-order valence-corrected chi connectivity index (χ0v) is 24.9. The zero-order chi connectivity index (χ0) is 30.2. The highest BCUT2D eigenvalue weighted by atomic mass is 16.5. The molecule has 46 heavy (non-hydrogen) atoms. The standard InChI is InChI=1S/C44H27NO/c1-2-13-33(14-3-1)45-39-18-7-6-16-35(39)38-27-32-10-4-5-15-34(32)43(44(38)45)30-22-20-28(21-23-30)31-24-25-40-37(26-31)36-17-8-11-29-12-9-19-41(46-40)42(29)36/h1-27H. The van der Waals surface area contributed by atoms with Crippen molar-refractivity contribution in [3.63, 3.8) is 0 Å². The molecule has 1 aliphatic rings. The van der Waals surface area contributed by atoms with Gasteiger partial charge in [-0.05, 0) is 80.9 Å². The molecule has 0 amide bonds. The van der Waals surface area contributed by atoms with Crippen LogP contribution in [-0.2, 0) is 0 Å². The fraction of sp³-hybridized carbons (Fsp3) is 0. The molecule has 214 valence electrons. The van der Waals surface area contributed by atoms with Crippen molar-refractivity contribution < 1.29 is 4.74 Å². The minimum Gasteiger partial charge on any atom is -0.456 e. The number of nitrogens with zero attached hydrogens (tertiary/aromatic N) is 1. The molecule has 0 aliphatic carbocycles. The molecule has 0 saturated heterocycles. The summed E-state index contributed by atoms with van der Waals surface area (Å²) >= 11 is 0. The Kier molecular flexibility index (Phi) is 5.31. The molecule has 8 aromatic carbocycles. The second-order valence-corrected chi connectivity index (χ2v) is 12.1. The number of rotatable bonds is 3. The van der Waals surface area contributed by atoms with Gasteiger partial charge in [0.1, 0.15) is 11.5 Å². The first-order valence-corrected chi connectivity index (χ1v) is 15.8. The van der Waals surface area contributed by atoms with Gasteiger partial charge in [0.25, 0.3) is 0 Å². The molecule has 0 radical (unpaired) electrons. The predicted molar refractivity (Wildman–Crippen MR) is 192 cm³/mol. The van der Waals surface area contributed by atoms with Gasteiger partial charge in [-0.3, -0.25) is 0 Å². The predicted octanol–water partition coefficient (Wildman–Crippen LogP) is 12.2. The first-order chi connectivity index (χ1) is 22.8. The van der Waals surface area contributed by atoms with E-state index in [1.165, 1.54) is 71.2 Å². The second-order valence-electron chi connectivity index (χ2n) is 12.1. The lowest BCUT2D eigenvalue weighted by molar-refractivity contribution is 0.487. The minimum absolute atomic E-state index is 0.901. The number of aromatic nitrogens is 1. The third-order valence-corrected chi connectivity index (χ3v) is 9.56. The fourth-order valence-corrected chi connectivity index (χ4v) is 7.50. The van der Waals surface area contributed by atoms with Gasteiger partial charge in [-0.1, -0.05) is 121 Å². The Morgan fingerprint density at radius 3 is 1.98 bits per heavy atom. The third-order valence-electron chi connectivity index (χ3n) is 9.56. The molecule has 0 fully saturated rings. The summed E-state index contributed by atoms with van der Waals surface area (Å²) in [6, 6.07) is 59.0. The van der Waals surface area contributed by atoms with Crippen LogP contribution in [0, 0.1) is 0 Å². The van der Waals surface area contributed by atoms with E-state index in [4.69, 9.17) is 4.74 Å². The van der Waals surface area contributed by atoms with Crippen molar-refractivity contribution >= 4 is 43.4 Å².